The summed E-state index contributed by atoms with van der Waals surface area (Å²) in [5, 5.41) is 5.40. The third-order valence-electron chi connectivity index (χ3n) is 4.07. The van der Waals surface area contributed by atoms with Crippen LogP contribution in [0.4, 0.5) is 11.4 Å². The van der Waals surface area contributed by atoms with Gasteiger partial charge in [-0.2, -0.15) is 0 Å². The van der Waals surface area contributed by atoms with Crippen LogP contribution < -0.4 is 20.1 Å². The molecule has 0 saturated heterocycles. The van der Waals surface area contributed by atoms with Crippen molar-refractivity contribution in [3.05, 3.63) is 59.7 Å². The van der Waals surface area contributed by atoms with E-state index < -0.39 is 11.8 Å². The average molecular weight is 410 g/mol. The third-order valence-corrected chi connectivity index (χ3v) is 4.07. The van der Waals surface area contributed by atoms with Gasteiger partial charge in [-0.1, -0.05) is 0 Å². The minimum atomic E-state index is -0.445. The van der Waals surface area contributed by atoms with Crippen molar-refractivity contribution in [3.8, 4) is 11.5 Å². The van der Waals surface area contributed by atoms with Gasteiger partial charge in [0.2, 0.25) is 5.91 Å². The molecule has 0 bridgehead atoms. The fourth-order valence-electron chi connectivity index (χ4n) is 2.59. The zero-order chi connectivity index (χ0) is 22.1. The first kappa shape index (κ1) is 22.7. The molecule has 30 heavy (non-hydrogen) atoms. The summed E-state index contributed by atoms with van der Waals surface area (Å²) in [4.78, 5) is 35.9. The van der Waals surface area contributed by atoms with Crippen LogP contribution in [0.1, 0.15) is 38.1 Å². The van der Waals surface area contributed by atoms with E-state index in [0.717, 1.165) is 0 Å². The predicted molar refractivity (Wildman–Crippen MR) is 116 cm³/mol. The number of carbonyl (C=O) groups is 3. The van der Waals surface area contributed by atoms with E-state index in [1.54, 1.807) is 49.4 Å². The Morgan fingerprint density at radius 1 is 0.833 bits per heavy atom. The van der Waals surface area contributed by atoms with Crippen LogP contribution in [0.25, 0.3) is 0 Å². The number of hydrogen-bond donors (Lipinski definition) is 2. The number of carbonyl (C=O) groups excluding carboxylic acids is 3. The van der Waals surface area contributed by atoms with Gasteiger partial charge in [0.05, 0.1) is 13.2 Å². The van der Waals surface area contributed by atoms with E-state index in [1.165, 1.54) is 13.0 Å². The van der Waals surface area contributed by atoms with E-state index in [9.17, 15) is 14.4 Å². The molecule has 0 saturated carbocycles. The lowest BCUT2D eigenvalue weighted by Gasteiger charge is -2.13. The van der Waals surface area contributed by atoms with Crippen LogP contribution in [0.2, 0.25) is 0 Å². The predicted octanol–water partition coefficient (Wildman–Crippen LogP) is 4.21. The van der Waals surface area contributed by atoms with E-state index in [0.29, 0.717) is 41.7 Å². The van der Waals surface area contributed by atoms with Gasteiger partial charge in [0.15, 0.2) is 17.3 Å². The van der Waals surface area contributed by atoms with Crippen LogP contribution >= 0.6 is 0 Å². The Hall–Kier alpha value is -3.61. The number of Topliss-reactive ketones (excluding diaryl/α,β-unsaturated/α-hetero) is 1. The largest absolute Gasteiger partial charge is 0.490 e. The summed E-state index contributed by atoms with van der Waals surface area (Å²) >= 11 is 0. The molecular weight excluding hydrogens is 384 g/mol. The van der Waals surface area contributed by atoms with Crippen molar-refractivity contribution in [2.75, 3.05) is 23.8 Å². The maximum absolute atomic E-state index is 12.4. The number of ketones is 1. The van der Waals surface area contributed by atoms with E-state index >= 15 is 0 Å². The summed E-state index contributed by atoms with van der Waals surface area (Å²) in [5.74, 6) is 0.219. The molecule has 0 fully saturated rings. The zero-order valence-electron chi connectivity index (χ0n) is 17.6. The standard InChI is InChI=1S/C23H26N2O5/c1-5-29-20-12-11-19(14-21(20)30-6-2)25-23(28)15(3)13-22(27)24-18-9-7-17(8-10-18)16(4)26/h7-14H,5-6H2,1-4H3,(H,24,27)(H,25,28)/b15-13-. The van der Waals surface area contributed by atoms with Gasteiger partial charge >= 0.3 is 0 Å². The van der Waals surface area contributed by atoms with Gasteiger partial charge in [-0.25, -0.2) is 0 Å². The van der Waals surface area contributed by atoms with E-state index in [4.69, 9.17) is 9.47 Å². The van der Waals surface area contributed by atoms with Crippen molar-refractivity contribution >= 4 is 29.0 Å². The maximum Gasteiger partial charge on any atom is 0.251 e. The van der Waals surface area contributed by atoms with Crippen molar-refractivity contribution in [1.82, 2.24) is 0 Å². The fraction of sp³-hybridized carbons (Fsp3) is 0.261. The highest BCUT2D eigenvalue weighted by molar-refractivity contribution is 6.10. The van der Waals surface area contributed by atoms with Gasteiger partial charge in [0.25, 0.3) is 5.91 Å². The Balaban J connectivity index is 2.03. The molecule has 7 nitrogen and oxygen atoms in total. The summed E-state index contributed by atoms with van der Waals surface area (Å²) in [6, 6.07) is 11.6. The van der Waals surface area contributed by atoms with Crippen LogP contribution in [-0.4, -0.2) is 30.8 Å². The highest BCUT2D eigenvalue weighted by atomic mass is 16.5. The van der Waals surface area contributed by atoms with Crippen molar-refractivity contribution in [2.24, 2.45) is 0 Å². The third kappa shape index (κ3) is 6.48. The summed E-state index contributed by atoms with van der Waals surface area (Å²) in [6.07, 6.45) is 1.21. The minimum Gasteiger partial charge on any atom is -0.490 e. The minimum absolute atomic E-state index is 0.0536. The zero-order valence-corrected chi connectivity index (χ0v) is 17.6. The number of nitrogens with one attached hydrogen (secondary N) is 2. The number of rotatable bonds is 9. The van der Waals surface area contributed by atoms with Crippen LogP contribution in [0.3, 0.4) is 0 Å². The number of hydrogen-bond acceptors (Lipinski definition) is 5. The molecule has 0 aliphatic rings. The molecule has 2 aromatic rings. The second kappa shape index (κ2) is 10.8. The van der Waals surface area contributed by atoms with Gasteiger partial charge in [-0.15, -0.1) is 0 Å². The van der Waals surface area contributed by atoms with Gasteiger partial charge < -0.3 is 20.1 Å². The highest BCUT2D eigenvalue weighted by Gasteiger charge is 2.11. The van der Waals surface area contributed by atoms with E-state index in [-0.39, 0.29) is 11.4 Å². The molecule has 2 rings (SSSR count). The van der Waals surface area contributed by atoms with Gasteiger partial charge in [0, 0.05) is 34.7 Å². The molecular formula is C23H26N2O5. The maximum atomic E-state index is 12.4. The average Bonchev–Trinajstić information content (AvgIpc) is 2.70. The summed E-state index contributed by atoms with van der Waals surface area (Å²) in [7, 11) is 0. The smallest absolute Gasteiger partial charge is 0.251 e. The Kier molecular flexibility index (Phi) is 8.17. The molecule has 0 aromatic heterocycles. The van der Waals surface area contributed by atoms with Crippen molar-refractivity contribution < 1.29 is 23.9 Å². The number of amides is 2. The molecule has 7 heteroatoms. The lowest BCUT2D eigenvalue weighted by Crippen LogP contribution is -2.16. The SMILES string of the molecule is CCOc1ccc(NC(=O)/C(C)=C\C(=O)Nc2ccc(C(C)=O)cc2)cc1OCC. The topological polar surface area (TPSA) is 93.7 Å². The molecule has 158 valence electrons. The fourth-order valence-corrected chi connectivity index (χ4v) is 2.59. The number of anilines is 2. The molecule has 2 amide bonds. The lowest BCUT2D eigenvalue weighted by atomic mass is 10.1. The molecule has 2 aromatic carbocycles. The van der Waals surface area contributed by atoms with Gasteiger partial charge in [-0.3, -0.25) is 14.4 Å². The van der Waals surface area contributed by atoms with Crippen LogP contribution in [0.15, 0.2) is 54.1 Å². The van der Waals surface area contributed by atoms with Gasteiger partial charge in [-0.05, 0) is 64.1 Å². The normalized spacial score (nSPS) is 10.9. The molecule has 0 aliphatic heterocycles. The first-order valence-corrected chi connectivity index (χ1v) is 9.65. The second-order valence-electron chi connectivity index (χ2n) is 6.43. The lowest BCUT2D eigenvalue weighted by molar-refractivity contribution is -0.114. The quantitative estimate of drug-likeness (QED) is 0.477. The molecule has 0 atom stereocenters. The first-order chi connectivity index (χ1) is 14.3. The Morgan fingerprint density at radius 3 is 2.03 bits per heavy atom. The molecule has 0 spiro atoms. The van der Waals surface area contributed by atoms with Crippen molar-refractivity contribution in [2.45, 2.75) is 27.7 Å². The van der Waals surface area contributed by atoms with Crippen molar-refractivity contribution in [3.63, 3.8) is 0 Å². The molecule has 0 heterocycles. The Morgan fingerprint density at radius 2 is 1.43 bits per heavy atom. The summed E-state index contributed by atoms with van der Waals surface area (Å²) in [6.45, 7) is 7.72. The molecule has 0 radical (unpaired) electrons. The van der Waals surface area contributed by atoms with Crippen molar-refractivity contribution in [1.29, 1.82) is 0 Å². The summed E-state index contributed by atoms with van der Waals surface area (Å²) < 4.78 is 11.1. The van der Waals surface area contributed by atoms with E-state index in [1.807, 2.05) is 13.8 Å². The Bertz CT molecular complexity index is 949. The number of ether oxygens (including phenoxy) is 2. The molecule has 0 aliphatic carbocycles. The first-order valence-electron chi connectivity index (χ1n) is 9.65. The highest BCUT2D eigenvalue weighted by Crippen LogP contribution is 2.30. The van der Waals surface area contributed by atoms with Crippen LogP contribution in [0.5, 0.6) is 11.5 Å². The second-order valence-corrected chi connectivity index (χ2v) is 6.43. The van der Waals surface area contributed by atoms with Crippen LogP contribution in [0, 0.1) is 0 Å². The monoisotopic (exact) mass is 410 g/mol. The van der Waals surface area contributed by atoms with Crippen LogP contribution in [-0.2, 0) is 9.59 Å². The molecule has 0 unspecified atom stereocenters. The molecule has 2 N–H and O–H groups in total. The Labute approximate surface area is 176 Å². The van der Waals surface area contributed by atoms with E-state index in [2.05, 4.69) is 10.6 Å². The summed E-state index contributed by atoms with van der Waals surface area (Å²) in [5.41, 5.74) is 1.85. The van der Waals surface area contributed by atoms with Gasteiger partial charge in [0.1, 0.15) is 0 Å². The number of benzene rings is 2.